The average molecular weight is 306 g/mol. The number of aryl methyl sites for hydroxylation is 1. The number of ether oxygens (including phenoxy) is 2. The summed E-state index contributed by atoms with van der Waals surface area (Å²) in [6.07, 6.45) is 0. The molecule has 0 aliphatic heterocycles. The Morgan fingerprint density at radius 3 is 2.48 bits per heavy atom. The molecule has 0 saturated carbocycles. The summed E-state index contributed by atoms with van der Waals surface area (Å²) < 4.78 is 10.3. The van der Waals surface area contributed by atoms with Crippen LogP contribution in [0.25, 0.3) is 0 Å². The van der Waals surface area contributed by atoms with Gasteiger partial charge in [0.15, 0.2) is 0 Å². The van der Waals surface area contributed by atoms with E-state index in [9.17, 15) is 4.79 Å². The number of benzene rings is 2. The van der Waals surface area contributed by atoms with Gasteiger partial charge < -0.3 is 14.8 Å². The first-order valence-corrected chi connectivity index (χ1v) is 6.72. The fourth-order valence-corrected chi connectivity index (χ4v) is 2.17. The lowest BCUT2D eigenvalue weighted by molar-refractivity contribution is 0.102. The third kappa shape index (κ3) is 3.47. The van der Waals surface area contributed by atoms with Crippen molar-refractivity contribution in [1.29, 1.82) is 0 Å². The molecule has 0 fully saturated rings. The van der Waals surface area contributed by atoms with Gasteiger partial charge in [-0.2, -0.15) is 0 Å². The normalized spacial score (nSPS) is 10.1. The van der Waals surface area contributed by atoms with Gasteiger partial charge in [-0.3, -0.25) is 4.79 Å². The van der Waals surface area contributed by atoms with E-state index in [0.717, 1.165) is 5.56 Å². The molecule has 0 aliphatic rings. The molecule has 4 nitrogen and oxygen atoms in total. The molecule has 1 amide bonds. The molecule has 21 heavy (non-hydrogen) atoms. The zero-order chi connectivity index (χ0) is 15.4. The van der Waals surface area contributed by atoms with E-state index in [1.165, 1.54) is 7.11 Å². The first kappa shape index (κ1) is 15.2. The van der Waals surface area contributed by atoms with Crippen molar-refractivity contribution in [3.05, 3.63) is 52.5 Å². The predicted octanol–water partition coefficient (Wildman–Crippen LogP) is 3.92. The van der Waals surface area contributed by atoms with E-state index in [1.807, 2.05) is 6.92 Å². The Morgan fingerprint density at radius 2 is 1.86 bits per heavy atom. The van der Waals surface area contributed by atoms with Crippen molar-refractivity contribution in [1.82, 2.24) is 0 Å². The zero-order valence-electron chi connectivity index (χ0n) is 12.1. The van der Waals surface area contributed by atoms with Gasteiger partial charge in [0, 0.05) is 16.8 Å². The molecule has 0 bridgehead atoms. The second kappa shape index (κ2) is 6.50. The number of methoxy groups -OCH3 is 2. The maximum atomic E-state index is 12.4. The molecule has 2 rings (SSSR count). The van der Waals surface area contributed by atoms with Gasteiger partial charge in [0.1, 0.15) is 11.5 Å². The maximum Gasteiger partial charge on any atom is 0.259 e. The molecular weight excluding hydrogens is 290 g/mol. The summed E-state index contributed by atoms with van der Waals surface area (Å²) in [6.45, 7) is 1.88. The molecule has 5 heteroatoms. The Hall–Kier alpha value is -2.20. The van der Waals surface area contributed by atoms with Gasteiger partial charge in [0.05, 0.1) is 19.8 Å². The van der Waals surface area contributed by atoms with Gasteiger partial charge in [-0.1, -0.05) is 11.6 Å². The molecule has 0 heterocycles. The van der Waals surface area contributed by atoms with E-state index in [0.29, 0.717) is 27.8 Å². The number of halogens is 1. The van der Waals surface area contributed by atoms with Crippen LogP contribution in [-0.4, -0.2) is 20.1 Å². The molecule has 110 valence electrons. The van der Waals surface area contributed by atoms with E-state index in [4.69, 9.17) is 21.1 Å². The molecule has 0 aromatic heterocycles. The van der Waals surface area contributed by atoms with E-state index in [2.05, 4.69) is 5.32 Å². The average Bonchev–Trinajstić information content (AvgIpc) is 2.49. The minimum Gasteiger partial charge on any atom is -0.497 e. The summed E-state index contributed by atoms with van der Waals surface area (Å²) in [5.74, 6) is 0.837. The Kier molecular flexibility index (Phi) is 4.70. The second-order valence-electron chi connectivity index (χ2n) is 4.48. The number of nitrogens with one attached hydrogen (secondary N) is 1. The van der Waals surface area contributed by atoms with Crippen LogP contribution < -0.4 is 14.8 Å². The molecule has 0 unspecified atom stereocenters. The molecule has 0 saturated heterocycles. The fourth-order valence-electron chi connectivity index (χ4n) is 1.94. The highest BCUT2D eigenvalue weighted by Gasteiger charge is 2.14. The molecule has 1 N–H and O–H groups in total. The number of carbonyl (C=O) groups excluding carboxylic acids is 1. The molecule has 0 spiro atoms. The highest BCUT2D eigenvalue weighted by Crippen LogP contribution is 2.26. The number of amides is 1. The molecule has 0 aliphatic carbocycles. The minimum absolute atomic E-state index is 0.250. The van der Waals surface area contributed by atoms with Crippen LogP contribution in [0.3, 0.4) is 0 Å². The van der Waals surface area contributed by atoms with Gasteiger partial charge in [0.2, 0.25) is 0 Å². The lowest BCUT2D eigenvalue weighted by atomic mass is 10.1. The highest BCUT2D eigenvalue weighted by molar-refractivity contribution is 6.30. The van der Waals surface area contributed by atoms with E-state index < -0.39 is 0 Å². The van der Waals surface area contributed by atoms with Crippen LogP contribution in [0, 0.1) is 6.92 Å². The summed E-state index contributed by atoms with van der Waals surface area (Å²) in [5, 5.41) is 3.48. The third-order valence-corrected chi connectivity index (χ3v) is 3.33. The summed E-state index contributed by atoms with van der Waals surface area (Å²) in [6, 6.07) is 10.3. The molecular formula is C16H16ClNO3. The second-order valence-corrected chi connectivity index (χ2v) is 4.92. The quantitative estimate of drug-likeness (QED) is 0.931. The molecule has 2 aromatic carbocycles. The largest absolute Gasteiger partial charge is 0.497 e. The maximum absolute atomic E-state index is 12.4. The Morgan fingerprint density at radius 1 is 1.10 bits per heavy atom. The smallest absolute Gasteiger partial charge is 0.259 e. The van der Waals surface area contributed by atoms with Crippen molar-refractivity contribution in [2.45, 2.75) is 6.92 Å². The minimum atomic E-state index is -0.250. The molecule has 0 radical (unpaired) electrons. The van der Waals surface area contributed by atoms with E-state index in [-0.39, 0.29) is 5.91 Å². The Labute approximate surface area is 128 Å². The monoisotopic (exact) mass is 305 g/mol. The molecule has 0 atom stereocenters. The van der Waals surface area contributed by atoms with Crippen LogP contribution in [0.2, 0.25) is 5.02 Å². The lowest BCUT2D eigenvalue weighted by Crippen LogP contribution is -2.14. The highest BCUT2D eigenvalue weighted by atomic mass is 35.5. The number of hydrogen-bond donors (Lipinski definition) is 1. The van der Waals surface area contributed by atoms with Crippen molar-refractivity contribution in [2.24, 2.45) is 0 Å². The van der Waals surface area contributed by atoms with Crippen LogP contribution in [-0.2, 0) is 0 Å². The lowest BCUT2D eigenvalue weighted by Gasteiger charge is -2.12. The zero-order valence-corrected chi connectivity index (χ0v) is 12.8. The van der Waals surface area contributed by atoms with Gasteiger partial charge >= 0.3 is 0 Å². The summed E-state index contributed by atoms with van der Waals surface area (Å²) in [5.41, 5.74) is 2.04. The predicted molar refractivity (Wildman–Crippen MR) is 83.7 cm³/mol. The van der Waals surface area contributed by atoms with Crippen LogP contribution in [0.4, 0.5) is 5.69 Å². The number of hydrogen-bond acceptors (Lipinski definition) is 3. The van der Waals surface area contributed by atoms with Crippen molar-refractivity contribution in [3.63, 3.8) is 0 Å². The summed E-state index contributed by atoms with van der Waals surface area (Å²) in [4.78, 5) is 12.4. The van der Waals surface area contributed by atoms with Gasteiger partial charge in [-0.15, -0.1) is 0 Å². The fraction of sp³-hybridized carbons (Fsp3) is 0.188. The van der Waals surface area contributed by atoms with Gasteiger partial charge in [-0.05, 0) is 42.8 Å². The summed E-state index contributed by atoms with van der Waals surface area (Å²) in [7, 11) is 3.07. The van der Waals surface area contributed by atoms with Crippen LogP contribution in [0.1, 0.15) is 15.9 Å². The van der Waals surface area contributed by atoms with Crippen molar-refractivity contribution in [2.75, 3.05) is 19.5 Å². The van der Waals surface area contributed by atoms with E-state index in [1.54, 1.807) is 43.5 Å². The van der Waals surface area contributed by atoms with Gasteiger partial charge in [-0.25, -0.2) is 0 Å². The van der Waals surface area contributed by atoms with Crippen molar-refractivity contribution < 1.29 is 14.3 Å². The topological polar surface area (TPSA) is 47.6 Å². The standard InChI is InChI=1S/C16H16ClNO3/c1-10-8-11(17)4-7-14(10)18-16(19)13-6-5-12(20-2)9-15(13)21-3/h4-9H,1-3H3,(H,18,19). The van der Waals surface area contributed by atoms with Crippen molar-refractivity contribution in [3.8, 4) is 11.5 Å². The Balaban J connectivity index is 2.28. The number of rotatable bonds is 4. The van der Waals surface area contributed by atoms with Crippen LogP contribution >= 0.6 is 11.6 Å². The number of carbonyl (C=O) groups is 1. The molecule has 2 aromatic rings. The number of anilines is 1. The first-order chi connectivity index (χ1) is 10.0. The first-order valence-electron chi connectivity index (χ1n) is 6.34. The van der Waals surface area contributed by atoms with Crippen molar-refractivity contribution >= 4 is 23.2 Å². The Bertz CT molecular complexity index is 671. The third-order valence-electron chi connectivity index (χ3n) is 3.09. The van der Waals surface area contributed by atoms with Crippen LogP contribution in [0.15, 0.2) is 36.4 Å². The van der Waals surface area contributed by atoms with Gasteiger partial charge in [0.25, 0.3) is 5.91 Å². The SMILES string of the molecule is COc1ccc(C(=O)Nc2ccc(Cl)cc2C)c(OC)c1. The van der Waals surface area contributed by atoms with Crippen LogP contribution in [0.5, 0.6) is 11.5 Å². The summed E-state index contributed by atoms with van der Waals surface area (Å²) >= 11 is 5.90. The van der Waals surface area contributed by atoms with E-state index >= 15 is 0 Å².